The zero-order valence-corrected chi connectivity index (χ0v) is 10.6. The molecule has 0 aromatic heterocycles. The average molecular weight is 288 g/mol. The molecule has 110 valence electrons. The Kier molecular flexibility index (Phi) is 4.17. The highest BCUT2D eigenvalue weighted by Crippen LogP contribution is 2.29. The van der Waals surface area contributed by atoms with Gasteiger partial charge in [-0.3, -0.25) is 0 Å². The first-order chi connectivity index (χ1) is 9.34. The van der Waals surface area contributed by atoms with E-state index in [1.807, 2.05) is 0 Å². The molecular formula is C13H15F3N2O2. The number of carbonyl (C=O) groups is 1. The van der Waals surface area contributed by atoms with Gasteiger partial charge in [0.05, 0.1) is 11.7 Å². The highest BCUT2D eigenvalue weighted by atomic mass is 19.4. The number of hydrogen-bond donors (Lipinski definition) is 3. The zero-order chi connectivity index (χ0) is 14.8. The number of alkyl halides is 3. The van der Waals surface area contributed by atoms with Crippen LogP contribution in [0.3, 0.4) is 0 Å². The number of aliphatic hydroxyl groups excluding tert-OH is 1. The zero-order valence-electron chi connectivity index (χ0n) is 10.6. The summed E-state index contributed by atoms with van der Waals surface area (Å²) in [5.41, 5.74) is -0.462. The van der Waals surface area contributed by atoms with Crippen LogP contribution in [0.2, 0.25) is 0 Å². The maximum Gasteiger partial charge on any atom is 0.416 e. The van der Waals surface area contributed by atoms with Crippen LogP contribution >= 0.6 is 0 Å². The fourth-order valence-corrected chi connectivity index (χ4v) is 2.02. The van der Waals surface area contributed by atoms with E-state index in [-0.39, 0.29) is 12.0 Å². The first-order valence-corrected chi connectivity index (χ1v) is 6.25. The summed E-state index contributed by atoms with van der Waals surface area (Å²) in [7, 11) is 0. The quantitative estimate of drug-likeness (QED) is 0.800. The molecule has 0 aliphatic heterocycles. The van der Waals surface area contributed by atoms with Crippen LogP contribution in [0.15, 0.2) is 24.3 Å². The van der Waals surface area contributed by atoms with Crippen LogP contribution < -0.4 is 10.6 Å². The predicted molar refractivity (Wildman–Crippen MR) is 67.2 cm³/mol. The number of rotatable bonds is 3. The molecule has 0 radical (unpaired) electrons. The molecule has 1 fully saturated rings. The molecule has 2 amide bonds. The number of amides is 2. The highest BCUT2D eigenvalue weighted by molar-refractivity contribution is 5.89. The van der Waals surface area contributed by atoms with Gasteiger partial charge in [-0.25, -0.2) is 4.79 Å². The van der Waals surface area contributed by atoms with Crippen LogP contribution in [0.4, 0.5) is 23.7 Å². The molecule has 20 heavy (non-hydrogen) atoms. The monoisotopic (exact) mass is 288 g/mol. The second-order valence-corrected chi connectivity index (χ2v) is 4.90. The summed E-state index contributed by atoms with van der Waals surface area (Å²) in [4.78, 5) is 11.5. The van der Waals surface area contributed by atoms with Crippen molar-refractivity contribution in [3.05, 3.63) is 29.8 Å². The molecule has 0 bridgehead atoms. The highest BCUT2D eigenvalue weighted by Gasteiger charge is 2.30. The molecular weight excluding hydrogens is 273 g/mol. The maximum absolute atomic E-state index is 12.3. The smallest absolute Gasteiger partial charge is 0.393 e. The number of nitrogens with one attached hydrogen (secondary N) is 2. The topological polar surface area (TPSA) is 61.4 Å². The van der Waals surface area contributed by atoms with E-state index < -0.39 is 17.8 Å². The Labute approximate surface area is 114 Å². The molecule has 1 saturated carbocycles. The van der Waals surface area contributed by atoms with Crippen molar-refractivity contribution in [3.63, 3.8) is 0 Å². The molecule has 1 aliphatic carbocycles. The fraction of sp³-hybridized carbons (Fsp3) is 0.462. The lowest BCUT2D eigenvalue weighted by Gasteiger charge is -2.31. The van der Waals surface area contributed by atoms with Gasteiger partial charge in [0.25, 0.3) is 0 Å². The molecule has 3 N–H and O–H groups in total. The fourth-order valence-electron chi connectivity index (χ4n) is 2.02. The molecule has 4 nitrogen and oxygen atoms in total. The molecule has 0 saturated heterocycles. The SMILES string of the molecule is O=C(NCC1CC(O)C1)Nc1ccc(C(F)(F)F)cc1. The Hall–Kier alpha value is -1.76. The Morgan fingerprint density at radius 3 is 2.35 bits per heavy atom. The van der Waals surface area contributed by atoms with Gasteiger partial charge in [0.15, 0.2) is 0 Å². The van der Waals surface area contributed by atoms with Crippen LogP contribution in [0, 0.1) is 5.92 Å². The molecule has 2 rings (SSSR count). The van der Waals surface area contributed by atoms with Crippen molar-refractivity contribution in [2.24, 2.45) is 5.92 Å². The molecule has 1 aliphatic rings. The Morgan fingerprint density at radius 1 is 1.25 bits per heavy atom. The van der Waals surface area contributed by atoms with Gasteiger partial charge in [0, 0.05) is 12.2 Å². The third-order valence-electron chi connectivity index (χ3n) is 3.23. The lowest BCUT2D eigenvalue weighted by molar-refractivity contribution is -0.137. The van der Waals surface area contributed by atoms with Gasteiger partial charge in [-0.05, 0) is 43.0 Å². The Balaban J connectivity index is 1.79. The molecule has 0 unspecified atom stereocenters. The standard InChI is InChI=1S/C13H15F3N2O2/c14-13(15,16)9-1-3-10(4-2-9)18-12(20)17-7-8-5-11(19)6-8/h1-4,8,11,19H,5-7H2,(H2,17,18,20). The summed E-state index contributed by atoms with van der Waals surface area (Å²) in [5, 5.41) is 14.2. The lowest BCUT2D eigenvalue weighted by Crippen LogP contribution is -2.40. The van der Waals surface area contributed by atoms with Gasteiger partial charge in [-0.2, -0.15) is 13.2 Å². The number of carbonyl (C=O) groups excluding carboxylic acids is 1. The van der Waals surface area contributed by atoms with Gasteiger partial charge in [0.2, 0.25) is 0 Å². The number of benzene rings is 1. The molecule has 1 aromatic rings. The van der Waals surface area contributed by atoms with Gasteiger partial charge in [-0.1, -0.05) is 0 Å². The summed E-state index contributed by atoms with van der Waals surface area (Å²) < 4.78 is 37.0. The van der Waals surface area contributed by atoms with E-state index >= 15 is 0 Å². The van der Waals surface area contributed by atoms with Crippen LogP contribution in [0.5, 0.6) is 0 Å². The van der Waals surface area contributed by atoms with Crippen LogP contribution in [-0.4, -0.2) is 23.8 Å². The molecule has 1 aromatic carbocycles. The summed E-state index contributed by atoms with van der Waals surface area (Å²) in [6.45, 7) is 0.448. The largest absolute Gasteiger partial charge is 0.416 e. The second kappa shape index (κ2) is 5.70. The number of anilines is 1. The van der Waals surface area contributed by atoms with Crippen molar-refractivity contribution < 1.29 is 23.1 Å². The molecule has 0 spiro atoms. The van der Waals surface area contributed by atoms with Crippen molar-refractivity contribution in [1.29, 1.82) is 0 Å². The van der Waals surface area contributed by atoms with Crippen molar-refractivity contribution >= 4 is 11.7 Å². The summed E-state index contributed by atoms with van der Waals surface area (Å²) in [5.74, 6) is 0.267. The number of hydrogen-bond acceptors (Lipinski definition) is 2. The van der Waals surface area contributed by atoms with Crippen molar-refractivity contribution in [2.75, 3.05) is 11.9 Å². The summed E-state index contributed by atoms with van der Waals surface area (Å²) >= 11 is 0. The van der Waals surface area contributed by atoms with Crippen molar-refractivity contribution in [2.45, 2.75) is 25.1 Å². The molecule has 7 heteroatoms. The minimum Gasteiger partial charge on any atom is -0.393 e. The van der Waals surface area contributed by atoms with E-state index in [1.165, 1.54) is 12.1 Å². The normalized spacial score (nSPS) is 22.0. The summed E-state index contributed by atoms with van der Waals surface area (Å²) in [6, 6.07) is 3.77. The van der Waals surface area contributed by atoms with E-state index in [9.17, 15) is 18.0 Å². The third kappa shape index (κ3) is 3.86. The van der Waals surface area contributed by atoms with E-state index in [4.69, 9.17) is 5.11 Å². The van der Waals surface area contributed by atoms with E-state index in [0.29, 0.717) is 25.1 Å². The number of halogens is 3. The minimum atomic E-state index is -4.38. The van der Waals surface area contributed by atoms with Crippen LogP contribution in [0.1, 0.15) is 18.4 Å². The average Bonchev–Trinajstić information content (AvgIpc) is 2.33. The number of aliphatic hydroxyl groups is 1. The van der Waals surface area contributed by atoms with E-state index in [2.05, 4.69) is 10.6 Å². The third-order valence-corrected chi connectivity index (χ3v) is 3.23. The van der Waals surface area contributed by atoms with E-state index in [1.54, 1.807) is 0 Å². The lowest BCUT2D eigenvalue weighted by atomic mass is 9.82. The minimum absolute atomic E-state index is 0.267. The second-order valence-electron chi connectivity index (χ2n) is 4.90. The Bertz CT molecular complexity index is 467. The van der Waals surface area contributed by atoms with Crippen LogP contribution in [0.25, 0.3) is 0 Å². The summed E-state index contributed by atoms with van der Waals surface area (Å²) in [6.07, 6.45) is -3.33. The van der Waals surface area contributed by atoms with Gasteiger partial charge < -0.3 is 15.7 Å². The first kappa shape index (κ1) is 14.6. The molecule has 0 heterocycles. The van der Waals surface area contributed by atoms with Crippen molar-refractivity contribution in [3.8, 4) is 0 Å². The van der Waals surface area contributed by atoms with Crippen molar-refractivity contribution in [1.82, 2.24) is 5.32 Å². The Morgan fingerprint density at radius 2 is 1.85 bits per heavy atom. The van der Waals surface area contributed by atoms with Crippen LogP contribution in [-0.2, 0) is 6.18 Å². The number of urea groups is 1. The van der Waals surface area contributed by atoms with Gasteiger partial charge >= 0.3 is 12.2 Å². The maximum atomic E-state index is 12.3. The first-order valence-electron chi connectivity index (χ1n) is 6.25. The molecule has 0 atom stereocenters. The van der Waals surface area contributed by atoms with Gasteiger partial charge in [0.1, 0.15) is 0 Å². The van der Waals surface area contributed by atoms with Gasteiger partial charge in [-0.15, -0.1) is 0 Å². The predicted octanol–water partition coefficient (Wildman–Crippen LogP) is 2.60. The van der Waals surface area contributed by atoms with E-state index in [0.717, 1.165) is 12.1 Å².